The van der Waals surface area contributed by atoms with Crippen LogP contribution in [0.2, 0.25) is 0 Å². The van der Waals surface area contributed by atoms with Crippen LogP contribution in [0.25, 0.3) is 22.8 Å². The molecule has 1 heterocycles. The van der Waals surface area contributed by atoms with Crippen molar-refractivity contribution in [1.29, 1.82) is 0 Å². The number of ether oxygens (including phenoxy) is 1. The maximum atomic E-state index is 14.4. The highest BCUT2D eigenvalue weighted by atomic mass is 19.4. The Bertz CT molecular complexity index is 1890. The fraction of sp³-hybridized carbons (Fsp3) is 0.132. The molecule has 48 heavy (non-hydrogen) atoms. The SMILES string of the molecule is C=C/C(=C\C=C/C)C(c1ccc(Oc2ccc(-c3nc(Cc4ccccc4)nc(-c4ccccc4)n3)cc2)cc1)(C(F)(F)F)C(F)(F)F. The zero-order valence-electron chi connectivity index (χ0n) is 25.6. The van der Waals surface area contributed by atoms with Crippen LogP contribution < -0.4 is 4.74 Å². The van der Waals surface area contributed by atoms with E-state index >= 15 is 0 Å². The van der Waals surface area contributed by atoms with Crippen LogP contribution in [0.4, 0.5) is 26.3 Å². The number of nitrogens with zero attached hydrogens (tertiary/aromatic N) is 3. The molecule has 0 saturated heterocycles. The molecule has 0 radical (unpaired) electrons. The number of hydrogen-bond donors (Lipinski definition) is 0. The van der Waals surface area contributed by atoms with Crippen LogP contribution in [0, 0.1) is 0 Å². The van der Waals surface area contributed by atoms with Crippen molar-refractivity contribution < 1.29 is 31.1 Å². The molecule has 4 aromatic carbocycles. The van der Waals surface area contributed by atoms with Crippen molar-refractivity contribution in [2.24, 2.45) is 0 Å². The molecule has 0 fully saturated rings. The van der Waals surface area contributed by atoms with Crippen molar-refractivity contribution in [3.05, 3.63) is 163 Å². The van der Waals surface area contributed by atoms with Gasteiger partial charge in [-0.2, -0.15) is 26.3 Å². The molecule has 5 rings (SSSR count). The third-order valence-corrected chi connectivity index (χ3v) is 7.53. The Balaban J connectivity index is 1.44. The second kappa shape index (κ2) is 14.1. The van der Waals surface area contributed by atoms with Gasteiger partial charge in [0.15, 0.2) is 11.6 Å². The second-order valence-electron chi connectivity index (χ2n) is 10.7. The molecule has 0 spiro atoms. The number of benzene rings is 4. The topological polar surface area (TPSA) is 47.9 Å². The minimum Gasteiger partial charge on any atom is -0.457 e. The lowest BCUT2D eigenvalue weighted by Crippen LogP contribution is -2.55. The smallest absolute Gasteiger partial charge is 0.411 e. The summed E-state index contributed by atoms with van der Waals surface area (Å²) in [4.78, 5) is 14.0. The van der Waals surface area contributed by atoms with E-state index in [1.165, 1.54) is 13.0 Å². The third kappa shape index (κ3) is 7.07. The molecule has 0 aliphatic rings. The summed E-state index contributed by atoms with van der Waals surface area (Å²) in [7, 11) is 0. The van der Waals surface area contributed by atoms with E-state index in [2.05, 4.69) is 21.5 Å². The molecule has 0 unspecified atom stereocenters. The predicted molar refractivity (Wildman–Crippen MR) is 173 cm³/mol. The van der Waals surface area contributed by atoms with E-state index in [1.54, 1.807) is 24.3 Å². The van der Waals surface area contributed by atoms with Crippen molar-refractivity contribution in [3.8, 4) is 34.3 Å². The molecule has 4 nitrogen and oxygen atoms in total. The van der Waals surface area contributed by atoms with Crippen molar-refractivity contribution in [3.63, 3.8) is 0 Å². The number of allylic oxidation sites excluding steroid dienone is 5. The van der Waals surface area contributed by atoms with Gasteiger partial charge >= 0.3 is 12.4 Å². The van der Waals surface area contributed by atoms with Gasteiger partial charge in [0.1, 0.15) is 17.3 Å². The van der Waals surface area contributed by atoms with Crippen molar-refractivity contribution in [2.45, 2.75) is 31.1 Å². The van der Waals surface area contributed by atoms with Crippen LogP contribution in [0.5, 0.6) is 11.5 Å². The quantitative estimate of drug-likeness (QED) is 0.111. The number of hydrogen-bond acceptors (Lipinski definition) is 4. The van der Waals surface area contributed by atoms with Gasteiger partial charge in [0.25, 0.3) is 0 Å². The standard InChI is InChI=1S/C38H29F6N3O/c1-3-5-16-29(4-2)36(37(39,40)41,38(42,43)44)30-19-23-32(24-20-30)48-31-21-17-28(18-22-31)35-46-33(25-26-12-8-6-9-13-26)45-34(47-35)27-14-10-7-11-15-27/h3-24H,2,25H2,1H3/b5-3-,29-16+. The summed E-state index contributed by atoms with van der Waals surface area (Å²) >= 11 is 0. The number of halogens is 6. The average Bonchev–Trinajstić information content (AvgIpc) is 3.07. The highest BCUT2D eigenvalue weighted by Crippen LogP contribution is 2.57. The van der Waals surface area contributed by atoms with E-state index < -0.39 is 28.9 Å². The van der Waals surface area contributed by atoms with E-state index in [0.717, 1.165) is 47.5 Å². The normalized spacial score (nSPS) is 12.7. The monoisotopic (exact) mass is 657 g/mol. The first kappa shape index (κ1) is 33.8. The summed E-state index contributed by atoms with van der Waals surface area (Å²) < 4.78 is 92.3. The minimum atomic E-state index is -5.72. The fourth-order valence-electron chi connectivity index (χ4n) is 5.23. The molecule has 0 bridgehead atoms. The summed E-state index contributed by atoms with van der Waals surface area (Å²) in [6.45, 7) is 4.72. The van der Waals surface area contributed by atoms with Gasteiger partial charge in [-0.3, -0.25) is 0 Å². The Morgan fingerprint density at radius 2 is 1.17 bits per heavy atom. The van der Waals surface area contributed by atoms with Gasteiger partial charge in [0, 0.05) is 17.5 Å². The Morgan fingerprint density at radius 3 is 1.67 bits per heavy atom. The molecule has 244 valence electrons. The molecule has 0 saturated carbocycles. The first-order chi connectivity index (χ1) is 23.0. The van der Waals surface area contributed by atoms with E-state index in [1.807, 2.05) is 60.7 Å². The molecule has 0 amide bonds. The van der Waals surface area contributed by atoms with E-state index in [0.29, 0.717) is 41.3 Å². The van der Waals surface area contributed by atoms with Gasteiger partial charge in [-0.25, -0.2) is 15.0 Å². The lowest BCUT2D eigenvalue weighted by atomic mass is 9.72. The van der Waals surface area contributed by atoms with Gasteiger partial charge in [-0.05, 0) is 60.0 Å². The predicted octanol–water partition coefficient (Wildman–Crippen LogP) is 10.6. The van der Waals surface area contributed by atoms with Crippen LogP contribution in [-0.4, -0.2) is 27.3 Å². The van der Waals surface area contributed by atoms with Crippen molar-refractivity contribution in [1.82, 2.24) is 15.0 Å². The van der Waals surface area contributed by atoms with E-state index in [4.69, 9.17) is 4.74 Å². The summed E-state index contributed by atoms with van der Waals surface area (Å²) in [6.07, 6.45) is -7.18. The van der Waals surface area contributed by atoms with Gasteiger partial charge < -0.3 is 4.74 Å². The average molecular weight is 658 g/mol. The summed E-state index contributed by atoms with van der Waals surface area (Å²) in [5.41, 5.74) is -3.88. The lowest BCUT2D eigenvalue weighted by molar-refractivity contribution is -0.288. The molecule has 1 aromatic heterocycles. The first-order valence-corrected chi connectivity index (χ1v) is 14.8. The number of alkyl halides is 6. The molecule has 5 aromatic rings. The molecule has 0 aliphatic heterocycles. The Kier molecular flexibility index (Phi) is 9.93. The van der Waals surface area contributed by atoms with Gasteiger partial charge in [0.05, 0.1) is 0 Å². The Hall–Kier alpha value is -5.51. The van der Waals surface area contributed by atoms with Crippen molar-refractivity contribution >= 4 is 0 Å². The number of rotatable bonds is 10. The van der Waals surface area contributed by atoms with E-state index in [9.17, 15) is 26.3 Å². The molecular weight excluding hydrogens is 628 g/mol. The summed E-state index contributed by atoms with van der Waals surface area (Å²) in [6, 6.07) is 29.5. The second-order valence-corrected chi connectivity index (χ2v) is 10.7. The number of aromatic nitrogens is 3. The minimum absolute atomic E-state index is 0.0407. The Morgan fingerprint density at radius 1 is 0.667 bits per heavy atom. The fourth-order valence-corrected chi connectivity index (χ4v) is 5.23. The highest BCUT2D eigenvalue weighted by molar-refractivity contribution is 5.62. The third-order valence-electron chi connectivity index (χ3n) is 7.53. The largest absolute Gasteiger partial charge is 0.457 e. The van der Waals surface area contributed by atoms with Gasteiger partial charge in [-0.15, -0.1) is 0 Å². The molecule has 0 N–H and O–H groups in total. The molecule has 0 atom stereocenters. The highest BCUT2D eigenvalue weighted by Gasteiger charge is 2.72. The van der Waals surface area contributed by atoms with E-state index in [-0.39, 0.29) is 5.75 Å². The van der Waals surface area contributed by atoms with Crippen LogP contribution in [-0.2, 0) is 11.8 Å². The van der Waals surface area contributed by atoms with Crippen LogP contribution in [0.15, 0.2) is 146 Å². The van der Waals surface area contributed by atoms with Crippen LogP contribution >= 0.6 is 0 Å². The summed E-state index contributed by atoms with van der Waals surface area (Å²) in [5.74, 6) is 1.83. The van der Waals surface area contributed by atoms with Crippen LogP contribution in [0.1, 0.15) is 23.9 Å². The first-order valence-electron chi connectivity index (χ1n) is 14.8. The molecular formula is C38H29F6N3O. The van der Waals surface area contributed by atoms with Crippen molar-refractivity contribution in [2.75, 3.05) is 0 Å². The molecule has 0 aliphatic carbocycles. The van der Waals surface area contributed by atoms with Gasteiger partial charge in [0.2, 0.25) is 5.41 Å². The summed E-state index contributed by atoms with van der Waals surface area (Å²) in [5, 5.41) is 0. The molecule has 10 heteroatoms. The zero-order chi connectivity index (χ0) is 34.4. The maximum absolute atomic E-state index is 14.4. The lowest BCUT2D eigenvalue weighted by Gasteiger charge is -2.39. The maximum Gasteiger partial charge on any atom is 0.411 e. The van der Waals surface area contributed by atoms with Crippen LogP contribution in [0.3, 0.4) is 0 Å². The Labute approximate surface area is 273 Å². The zero-order valence-corrected chi connectivity index (χ0v) is 25.6. The van der Waals surface area contributed by atoms with Gasteiger partial charge in [-0.1, -0.05) is 104 Å².